The number of carbonyl (C=O) groups excluding carboxylic acids is 6. The van der Waals surface area contributed by atoms with Crippen LogP contribution in [-0.2, 0) is 54.1 Å². The summed E-state index contributed by atoms with van der Waals surface area (Å²) in [5.74, 6) is -6.73. The first-order valence-corrected chi connectivity index (χ1v) is 23.3. The van der Waals surface area contributed by atoms with E-state index in [1.165, 1.54) is 18.9 Å². The van der Waals surface area contributed by atoms with Crippen LogP contribution in [0.15, 0.2) is 67.4 Å². The van der Waals surface area contributed by atoms with E-state index in [4.69, 9.17) is 28.4 Å². The highest BCUT2D eigenvalue weighted by atomic mass is 16.7. The highest BCUT2D eigenvalue weighted by Crippen LogP contribution is 2.43. The summed E-state index contributed by atoms with van der Waals surface area (Å²) in [6, 6.07) is 10.8. The number of cyclic esters (lactones) is 1. The zero-order valence-electron chi connectivity index (χ0n) is 40.4. The molecule has 0 N–H and O–H groups in total. The molecule has 0 aliphatic carbocycles. The molecule has 1 unspecified atom stereocenters. The Balaban J connectivity index is 1.32. The van der Waals surface area contributed by atoms with Crippen LogP contribution in [0.3, 0.4) is 0 Å². The lowest BCUT2D eigenvalue weighted by atomic mass is 9.73. The summed E-state index contributed by atoms with van der Waals surface area (Å²) in [5, 5.41) is 0. The van der Waals surface area contributed by atoms with Gasteiger partial charge < -0.3 is 37.9 Å². The van der Waals surface area contributed by atoms with Gasteiger partial charge in [-0.15, -0.1) is 0 Å². The standard InChI is InChI=1S/C50H67N5O12/c1-11-39-50(28-56)43(55(48(61)67-50)23-16-15-22-54-27-37(52-29-54)36-20-17-21-51-26-36)32(4)40(57)30(2)25-49(7,62-10)44(33(5)41(58)34(6)45(59)64-39)66-47-42(38(53(8)9)24-31(3)63-47)65-46(60)35-18-13-12-14-19-35/h12-14,17-21,26-34,38-39,42-44,47H,11,15-16,22-25H2,1-10H3/t30-,31-,32+,33+,34-,38+,39-,42-,43-,44-,47?,49+,50-/m1/s1. The number of aryl methyl sites for hydroxylation is 1. The van der Waals surface area contributed by atoms with Crippen molar-refractivity contribution in [3.63, 3.8) is 0 Å². The number of esters is 2. The molecule has 0 spiro atoms. The molecule has 13 atom stereocenters. The van der Waals surface area contributed by atoms with Gasteiger partial charge in [0.15, 0.2) is 30.6 Å². The summed E-state index contributed by atoms with van der Waals surface area (Å²) in [4.78, 5) is 96.9. The van der Waals surface area contributed by atoms with Crippen molar-refractivity contribution in [1.29, 1.82) is 0 Å². The van der Waals surface area contributed by atoms with Crippen LogP contribution in [0.5, 0.6) is 0 Å². The van der Waals surface area contributed by atoms with Crippen LogP contribution in [0.1, 0.15) is 90.9 Å². The van der Waals surface area contributed by atoms with Gasteiger partial charge in [-0.2, -0.15) is 0 Å². The Bertz CT molecular complexity index is 2210. The second-order valence-corrected chi connectivity index (χ2v) is 18.9. The number of ether oxygens (including phenoxy) is 6. The van der Waals surface area contributed by atoms with E-state index in [1.54, 1.807) is 83.7 Å². The normalized spacial score (nSPS) is 33.1. The maximum Gasteiger partial charge on any atom is 0.411 e. The zero-order chi connectivity index (χ0) is 48.8. The molecule has 1 amide bonds. The fourth-order valence-corrected chi connectivity index (χ4v) is 10.2. The quantitative estimate of drug-likeness (QED) is 0.0603. The lowest BCUT2D eigenvalue weighted by molar-refractivity contribution is -0.294. The highest BCUT2D eigenvalue weighted by molar-refractivity contribution is 6.00. The molecule has 3 aromatic rings. The number of likely N-dealkylation sites (N-methyl/N-ethyl adjacent to an activating group) is 1. The molecule has 3 aliphatic rings. The molecule has 3 fully saturated rings. The molecule has 0 radical (unpaired) electrons. The number of aldehydes is 1. The Morgan fingerprint density at radius 2 is 1.69 bits per heavy atom. The van der Waals surface area contributed by atoms with Crippen LogP contribution in [0.25, 0.3) is 11.3 Å². The molecule has 2 aromatic heterocycles. The van der Waals surface area contributed by atoms with Crippen molar-refractivity contribution < 1.29 is 57.2 Å². The van der Waals surface area contributed by atoms with E-state index in [2.05, 4.69) is 9.97 Å². The number of amides is 1. The Kier molecular flexibility index (Phi) is 16.6. The number of methoxy groups -OCH3 is 1. The van der Waals surface area contributed by atoms with Gasteiger partial charge in [-0.25, -0.2) is 14.6 Å². The SMILES string of the molecule is CC[C@H]1OC(=O)[C@H](C)C(=O)[C@H](C)[C@@H](OC2O[C@H](C)C[C@H](N(C)C)[C@H]2OC(=O)c2ccccc2)[C@@](C)(OC)C[C@@H](C)C(=O)[C@H](C)[C@H]2N(CCCCn3cnc(-c4cccnc4)c3)C(=O)O[C@]12C=O. The maximum absolute atomic E-state index is 14.9. The predicted octanol–water partition coefficient (Wildman–Crippen LogP) is 5.97. The second-order valence-electron chi connectivity index (χ2n) is 18.9. The third kappa shape index (κ3) is 10.8. The van der Waals surface area contributed by atoms with Gasteiger partial charge in [-0.3, -0.25) is 29.1 Å². The summed E-state index contributed by atoms with van der Waals surface area (Å²) in [6.45, 7) is 12.4. The number of benzene rings is 1. The number of rotatable bonds is 14. The van der Waals surface area contributed by atoms with Gasteiger partial charge in [0, 0.05) is 62.1 Å². The van der Waals surface area contributed by atoms with Crippen molar-refractivity contribution in [2.45, 2.75) is 141 Å². The van der Waals surface area contributed by atoms with Crippen molar-refractivity contribution in [2.24, 2.45) is 23.7 Å². The molecule has 3 saturated heterocycles. The minimum atomic E-state index is -2.07. The van der Waals surface area contributed by atoms with Crippen LogP contribution in [0, 0.1) is 23.7 Å². The van der Waals surface area contributed by atoms with Crippen LogP contribution in [-0.4, -0.2) is 142 Å². The molecule has 0 saturated carbocycles. The van der Waals surface area contributed by atoms with Crippen LogP contribution >= 0.6 is 0 Å². The van der Waals surface area contributed by atoms with E-state index in [9.17, 15) is 28.8 Å². The minimum absolute atomic E-state index is 0.000394. The van der Waals surface area contributed by atoms with E-state index in [1.807, 2.05) is 48.8 Å². The molecule has 364 valence electrons. The van der Waals surface area contributed by atoms with E-state index in [0.717, 1.165) is 11.3 Å². The molecule has 5 heterocycles. The number of unbranched alkanes of at least 4 members (excludes halogenated alkanes) is 1. The summed E-state index contributed by atoms with van der Waals surface area (Å²) >= 11 is 0. The first-order valence-electron chi connectivity index (χ1n) is 23.3. The molecular formula is C50H67N5O12. The molecule has 3 aliphatic heterocycles. The van der Waals surface area contributed by atoms with Crippen LogP contribution in [0.4, 0.5) is 4.79 Å². The fourth-order valence-electron chi connectivity index (χ4n) is 10.2. The van der Waals surface area contributed by atoms with Gasteiger partial charge in [0.1, 0.15) is 11.7 Å². The Morgan fingerprint density at radius 1 is 0.970 bits per heavy atom. The van der Waals surface area contributed by atoms with Crippen molar-refractivity contribution in [2.75, 3.05) is 27.7 Å². The number of carbonyl (C=O) groups is 6. The third-order valence-corrected chi connectivity index (χ3v) is 13.9. The lowest BCUT2D eigenvalue weighted by Crippen LogP contribution is -2.62. The molecular weight excluding hydrogens is 863 g/mol. The summed E-state index contributed by atoms with van der Waals surface area (Å²) in [5.41, 5.74) is -1.51. The van der Waals surface area contributed by atoms with E-state index in [0.29, 0.717) is 37.7 Å². The summed E-state index contributed by atoms with van der Waals surface area (Å²) in [7, 11) is 5.19. The largest absolute Gasteiger partial charge is 0.457 e. The molecule has 17 nitrogen and oxygen atoms in total. The topological polar surface area (TPSA) is 195 Å². The van der Waals surface area contributed by atoms with Gasteiger partial charge in [-0.05, 0) is 91.2 Å². The average molecular weight is 930 g/mol. The van der Waals surface area contributed by atoms with Gasteiger partial charge >= 0.3 is 18.0 Å². The highest BCUT2D eigenvalue weighted by Gasteiger charge is 2.63. The average Bonchev–Trinajstić information content (AvgIpc) is 3.92. The Morgan fingerprint density at radius 3 is 2.33 bits per heavy atom. The summed E-state index contributed by atoms with van der Waals surface area (Å²) in [6.07, 6.45) is 3.23. The fraction of sp³-hybridized carbons (Fsp3) is 0.600. The Hall–Kier alpha value is -5.36. The molecule has 1 aromatic carbocycles. The van der Waals surface area contributed by atoms with Crippen molar-refractivity contribution in [1.82, 2.24) is 24.3 Å². The van der Waals surface area contributed by atoms with E-state index < -0.39 is 89.3 Å². The number of ketones is 2. The predicted molar refractivity (Wildman–Crippen MR) is 244 cm³/mol. The number of fused-ring (bicyclic) bond motifs is 1. The number of hydrogen-bond donors (Lipinski definition) is 0. The van der Waals surface area contributed by atoms with Gasteiger partial charge in [0.25, 0.3) is 0 Å². The molecule has 67 heavy (non-hydrogen) atoms. The number of nitrogens with zero attached hydrogens (tertiary/aromatic N) is 5. The smallest absolute Gasteiger partial charge is 0.411 e. The number of pyridine rings is 1. The van der Waals surface area contributed by atoms with Gasteiger partial charge in [0.2, 0.25) is 5.60 Å². The molecule has 0 bridgehead atoms. The number of aromatic nitrogens is 3. The number of hydrogen-bond acceptors (Lipinski definition) is 15. The minimum Gasteiger partial charge on any atom is -0.457 e. The number of Topliss-reactive ketones (excluding diaryl/α,β-unsaturated/α-hetero) is 2. The zero-order valence-corrected chi connectivity index (χ0v) is 40.4. The third-order valence-electron chi connectivity index (χ3n) is 13.9. The maximum atomic E-state index is 14.9. The first-order chi connectivity index (χ1) is 31.9. The van der Waals surface area contributed by atoms with E-state index >= 15 is 0 Å². The van der Waals surface area contributed by atoms with Gasteiger partial charge in [0.05, 0.1) is 47.5 Å². The van der Waals surface area contributed by atoms with Crippen molar-refractivity contribution >= 4 is 35.9 Å². The molecule has 6 rings (SSSR count). The van der Waals surface area contributed by atoms with Gasteiger partial charge in [-0.1, -0.05) is 45.9 Å². The van der Waals surface area contributed by atoms with Crippen LogP contribution < -0.4 is 0 Å². The van der Waals surface area contributed by atoms with Crippen LogP contribution in [0.2, 0.25) is 0 Å². The molecule has 17 heteroatoms. The summed E-state index contributed by atoms with van der Waals surface area (Å²) < 4.78 is 39.8. The lowest BCUT2D eigenvalue weighted by Gasteiger charge is -2.47. The Labute approximate surface area is 393 Å². The monoisotopic (exact) mass is 929 g/mol. The number of imidazole rings is 1. The first kappa shape index (κ1) is 51.0. The van der Waals surface area contributed by atoms with E-state index in [-0.39, 0.29) is 37.3 Å². The second kappa shape index (κ2) is 21.7. The van der Waals surface area contributed by atoms with Crippen molar-refractivity contribution in [3.05, 3.63) is 72.9 Å². The van der Waals surface area contributed by atoms with Crippen molar-refractivity contribution in [3.8, 4) is 11.3 Å².